The Morgan fingerprint density at radius 2 is 1.89 bits per heavy atom. The van der Waals surface area contributed by atoms with Crippen molar-refractivity contribution in [3.05, 3.63) is 11.6 Å². The lowest BCUT2D eigenvalue weighted by molar-refractivity contribution is 0.152. The van der Waals surface area contributed by atoms with Crippen molar-refractivity contribution >= 4 is 11.6 Å². The van der Waals surface area contributed by atoms with E-state index in [1.54, 1.807) is 0 Å². The molecule has 0 aromatic carbocycles. The van der Waals surface area contributed by atoms with E-state index in [0.717, 1.165) is 23.5 Å². The fourth-order valence-corrected chi connectivity index (χ4v) is 4.19. The van der Waals surface area contributed by atoms with Gasteiger partial charge in [-0.25, -0.2) is 0 Å². The molecule has 0 N–H and O–H groups in total. The van der Waals surface area contributed by atoms with Gasteiger partial charge < -0.3 is 4.57 Å². The number of hydrogen-bond donors (Lipinski definition) is 0. The van der Waals surface area contributed by atoms with Crippen LogP contribution in [0.5, 0.6) is 0 Å². The average molecular weight is 268 g/mol. The molecule has 0 spiro atoms. The normalized spacial score (nSPS) is 32.2. The average Bonchev–Trinajstić information content (AvgIpc) is 2.79. The summed E-state index contributed by atoms with van der Waals surface area (Å²) in [6.07, 6.45) is 9.77. The van der Waals surface area contributed by atoms with Crippen LogP contribution in [0.25, 0.3) is 0 Å². The topological polar surface area (TPSA) is 30.7 Å². The fourth-order valence-electron chi connectivity index (χ4n) is 3.96. The Hall–Kier alpha value is -0.570. The first-order chi connectivity index (χ1) is 8.79. The molecule has 2 fully saturated rings. The van der Waals surface area contributed by atoms with Crippen LogP contribution in [0.3, 0.4) is 0 Å². The minimum absolute atomic E-state index is 0.461. The van der Waals surface area contributed by atoms with Gasteiger partial charge in [-0.2, -0.15) is 0 Å². The summed E-state index contributed by atoms with van der Waals surface area (Å²) in [5.74, 6) is 5.07. The summed E-state index contributed by atoms with van der Waals surface area (Å²) in [6, 6.07) is 0. The molecule has 2 aliphatic carbocycles. The summed E-state index contributed by atoms with van der Waals surface area (Å²) in [7, 11) is 2.06. The molecule has 0 bridgehead atoms. The zero-order valence-corrected chi connectivity index (χ0v) is 11.9. The van der Waals surface area contributed by atoms with Crippen molar-refractivity contribution in [3.8, 4) is 0 Å². The Morgan fingerprint density at radius 1 is 1.11 bits per heavy atom. The van der Waals surface area contributed by atoms with Gasteiger partial charge in [-0.3, -0.25) is 0 Å². The van der Waals surface area contributed by atoms with E-state index in [1.165, 1.54) is 44.9 Å². The van der Waals surface area contributed by atoms with Gasteiger partial charge >= 0.3 is 0 Å². The van der Waals surface area contributed by atoms with Crippen LogP contribution < -0.4 is 0 Å². The van der Waals surface area contributed by atoms with Gasteiger partial charge in [-0.15, -0.1) is 21.8 Å². The van der Waals surface area contributed by atoms with Gasteiger partial charge in [0, 0.05) is 13.0 Å². The van der Waals surface area contributed by atoms with Crippen molar-refractivity contribution in [1.82, 2.24) is 14.8 Å². The number of alkyl halides is 1. The highest BCUT2D eigenvalue weighted by Crippen LogP contribution is 2.45. The van der Waals surface area contributed by atoms with Gasteiger partial charge in [-0.05, 0) is 31.1 Å². The molecule has 3 atom stereocenters. The Labute approximate surface area is 114 Å². The van der Waals surface area contributed by atoms with Crippen LogP contribution in [0, 0.1) is 11.8 Å². The van der Waals surface area contributed by atoms with Crippen LogP contribution in [0.2, 0.25) is 0 Å². The van der Waals surface area contributed by atoms with E-state index in [4.69, 9.17) is 11.6 Å². The van der Waals surface area contributed by atoms with Crippen molar-refractivity contribution < 1.29 is 0 Å². The predicted octanol–water partition coefficient (Wildman–Crippen LogP) is 3.63. The maximum Gasteiger partial charge on any atom is 0.147 e. The number of fused-ring (bicyclic) bond motifs is 1. The number of aromatic nitrogens is 3. The fraction of sp³-hybridized carbons (Fsp3) is 0.857. The van der Waals surface area contributed by atoms with Crippen LogP contribution in [-0.2, 0) is 12.9 Å². The van der Waals surface area contributed by atoms with E-state index >= 15 is 0 Å². The molecule has 1 aromatic heterocycles. The summed E-state index contributed by atoms with van der Waals surface area (Å²) in [4.78, 5) is 0. The molecule has 1 heterocycles. The maximum absolute atomic E-state index is 5.87. The Bertz CT molecular complexity index is 415. The van der Waals surface area contributed by atoms with Crippen molar-refractivity contribution in [2.75, 3.05) is 0 Å². The van der Waals surface area contributed by atoms with E-state index in [2.05, 4.69) is 21.8 Å². The third-order valence-corrected chi connectivity index (χ3v) is 5.26. The SMILES string of the molecule is Cn1c(CCl)nnc1C1CCC2CCCCC2C1. The van der Waals surface area contributed by atoms with Gasteiger partial charge in [0.25, 0.3) is 0 Å². The summed E-state index contributed by atoms with van der Waals surface area (Å²) < 4.78 is 2.11. The van der Waals surface area contributed by atoms with E-state index in [9.17, 15) is 0 Å². The summed E-state index contributed by atoms with van der Waals surface area (Å²) in [6.45, 7) is 0. The first-order valence-electron chi connectivity index (χ1n) is 7.23. The zero-order chi connectivity index (χ0) is 12.5. The zero-order valence-electron chi connectivity index (χ0n) is 11.1. The highest BCUT2D eigenvalue weighted by atomic mass is 35.5. The highest BCUT2D eigenvalue weighted by Gasteiger charge is 2.34. The molecule has 0 saturated heterocycles. The van der Waals surface area contributed by atoms with Crippen molar-refractivity contribution in [1.29, 1.82) is 0 Å². The molecule has 0 radical (unpaired) electrons. The van der Waals surface area contributed by atoms with Gasteiger partial charge in [0.2, 0.25) is 0 Å². The third kappa shape index (κ3) is 2.18. The Morgan fingerprint density at radius 3 is 2.61 bits per heavy atom. The molecule has 1 aromatic rings. The van der Waals surface area contributed by atoms with Gasteiger partial charge in [-0.1, -0.05) is 25.7 Å². The number of halogens is 1. The smallest absolute Gasteiger partial charge is 0.147 e. The summed E-state index contributed by atoms with van der Waals surface area (Å²) >= 11 is 5.87. The lowest BCUT2D eigenvalue weighted by atomic mass is 9.67. The monoisotopic (exact) mass is 267 g/mol. The van der Waals surface area contributed by atoms with Gasteiger partial charge in [0.15, 0.2) is 0 Å². The number of rotatable bonds is 2. The third-order valence-electron chi connectivity index (χ3n) is 5.02. The minimum Gasteiger partial charge on any atom is -0.317 e. The second kappa shape index (κ2) is 5.20. The number of hydrogen-bond acceptors (Lipinski definition) is 2. The minimum atomic E-state index is 0.461. The summed E-state index contributed by atoms with van der Waals surface area (Å²) in [5, 5.41) is 8.57. The van der Waals surface area contributed by atoms with E-state index in [0.29, 0.717) is 11.8 Å². The first-order valence-corrected chi connectivity index (χ1v) is 7.77. The molecule has 4 heteroatoms. The molecular weight excluding hydrogens is 246 g/mol. The Kier molecular flexibility index (Phi) is 3.60. The largest absolute Gasteiger partial charge is 0.317 e. The standard InChI is InChI=1S/C14H22ClN3/c1-18-13(9-15)16-17-14(18)12-7-6-10-4-2-3-5-11(10)8-12/h10-12H,2-9H2,1H3. The lowest BCUT2D eigenvalue weighted by Gasteiger charge is -2.38. The molecule has 3 rings (SSSR count). The van der Waals surface area contributed by atoms with E-state index < -0.39 is 0 Å². The number of nitrogens with zero attached hydrogens (tertiary/aromatic N) is 3. The molecule has 100 valence electrons. The van der Waals surface area contributed by atoms with Gasteiger partial charge in [0.05, 0.1) is 5.88 Å². The molecule has 3 unspecified atom stereocenters. The van der Waals surface area contributed by atoms with E-state index in [1.807, 2.05) is 0 Å². The maximum atomic E-state index is 5.87. The Balaban J connectivity index is 1.75. The molecule has 0 aliphatic heterocycles. The van der Waals surface area contributed by atoms with Crippen LogP contribution in [0.4, 0.5) is 0 Å². The van der Waals surface area contributed by atoms with E-state index in [-0.39, 0.29) is 0 Å². The van der Waals surface area contributed by atoms with Crippen LogP contribution >= 0.6 is 11.6 Å². The molecule has 2 saturated carbocycles. The summed E-state index contributed by atoms with van der Waals surface area (Å²) in [5.41, 5.74) is 0. The van der Waals surface area contributed by atoms with Crippen molar-refractivity contribution in [2.45, 2.75) is 56.7 Å². The molecule has 2 aliphatic rings. The van der Waals surface area contributed by atoms with Gasteiger partial charge in [0.1, 0.15) is 11.6 Å². The molecule has 18 heavy (non-hydrogen) atoms. The van der Waals surface area contributed by atoms with Crippen LogP contribution in [-0.4, -0.2) is 14.8 Å². The van der Waals surface area contributed by atoms with Crippen LogP contribution in [0.15, 0.2) is 0 Å². The van der Waals surface area contributed by atoms with Crippen molar-refractivity contribution in [3.63, 3.8) is 0 Å². The lowest BCUT2D eigenvalue weighted by Crippen LogP contribution is -2.28. The predicted molar refractivity (Wildman–Crippen MR) is 72.6 cm³/mol. The second-order valence-electron chi connectivity index (χ2n) is 5.98. The molecular formula is C14H22ClN3. The van der Waals surface area contributed by atoms with Crippen LogP contribution in [0.1, 0.15) is 62.5 Å². The van der Waals surface area contributed by atoms with Crippen molar-refractivity contribution in [2.24, 2.45) is 18.9 Å². The highest BCUT2D eigenvalue weighted by molar-refractivity contribution is 6.16. The molecule has 3 nitrogen and oxygen atoms in total. The quantitative estimate of drug-likeness (QED) is 0.766. The second-order valence-corrected chi connectivity index (χ2v) is 6.25. The molecule has 0 amide bonds. The first kappa shape index (κ1) is 12.5.